The number of aromatic nitrogens is 6. The van der Waals surface area contributed by atoms with E-state index < -0.39 is 0 Å². The Labute approximate surface area is 172 Å². The van der Waals surface area contributed by atoms with Gasteiger partial charge in [0, 0.05) is 23.5 Å². The van der Waals surface area contributed by atoms with Gasteiger partial charge in [0.15, 0.2) is 0 Å². The molecule has 0 spiro atoms. The monoisotopic (exact) mass is 396 g/mol. The van der Waals surface area contributed by atoms with Gasteiger partial charge in [-0.25, -0.2) is 9.37 Å². The van der Waals surface area contributed by atoms with Crippen molar-refractivity contribution in [1.82, 2.24) is 29.5 Å². The van der Waals surface area contributed by atoms with E-state index in [0.717, 1.165) is 33.8 Å². The highest BCUT2D eigenvalue weighted by molar-refractivity contribution is 5.71. The van der Waals surface area contributed by atoms with Crippen molar-refractivity contribution >= 4 is 0 Å². The second-order valence-electron chi connectivity index (χ2n) is 6.88. The molecule has 3 aromatic heterocycles. The first kappa shape index (κ1) is 17.9. The minimum atomic E-state index is -0.239. The third kappa shape index (κ3) is 3.73. The van der Waals surface area contributed by atoms with E-state index in [9.17, 15) is 4.39 Å². The molecule has 0 N–H and O–H groups in total. The van der Waals surface area contributed by atoms with Crippen LogP contribution in [0.25, 0.3) is 28.2 Å². The molecule has 2 aromatic carbocycles. The summed E-state index contributed by atoms with van der Waals surface area (Å²) in [6, 6.07) is 20.6. The summed E-state index contributed by atoms with van der Waals surface area (Å²) in [5, 5.41) is 12.3. The fourth-order valence-corrected chi connectivity index (χ4v) is 3.31. The molecule has 0 unspecified atom stereocenters. The van der Waals surface area contributed by atoms with E-state index in [1.54, 1.807) is 23.3 Å². The molecule has 0 fully saturated rings. The Hall–Kier alpha value is -4.13. The first-order valence-electron chi connectivity index (χ1n) is 9.44. The van der Waals surface area contributed by atoms with Crippen molar-refractivity contribution in [2.75, 3.05) is 0 Å². The van der Waals surface area contributed by atoms with Crippen molar-refractivity contribution in [3.63, 3.8) is 0 Å². The minimum Gasteiger partial charge on any atom is -0.272 e. The van der Waals surface area contributed by atoms with Gasteiger partial charge < -0.3 is 0 Å². The molecule has 7 heteroatoms. The quantitative estimate of drug-likeness (QED) is 0.442. The fourth-order valence-electron chi connectivity index (χ4n) is 3.31. The largest absolute Gasteiger partial charge is 0.272 e. The lowest BCUT2D eigenvalue weighted by molar-refractivity contribution is 0.619. The van der Waals surface area contributed by atoms with Gasteiger partial charge in [-0.1, -0.05) is 30.3 Å². The fraction of sp³-hybridized carbons (Fsp3) is 0.0435. The molecule has 0 aliphatic rings. The molecular formula is C23H17FN6. The van der Waals surface area contributed by atoms with Crippen LogP contribution in [0.15, 0.2) is 91.8 Å². The van der Waals surface area contributed by atoms with E-state index in [-0.39, 0.29) is 5.82 Å². The zero-order valence-electron chi connectivity index (χ0n) is 15.9. The van der Waals surface area contributed by atoms with Gasteiger partial charge in [-0.15, -0.1) is 10.2 Å². The maximum Gasteiger partial charge on any atom is 0.139 e. The smallest absolute Gasteiger partial charge is 0.139 e. The minimum absolute atomic E-state index is 0.239. The molecule has 0 saturated carbocycles. The third-order valence-corrected chi connectivity index (χ3v) is 4.80. The van der Waals surface area contributed by atoms with E-state index in [4.69, 9.17) is 0 Å². The molecule has 5 aromatic rings. The molecule has 0 aliphatic carbocycles. The third-order valence-electron chi connectivity index (χ3n) is 4.80. The summed E-state index contributed by atoms with van der Waals surface area (Å²) in [4.78, 5) is 4.49. The summed E-state index contributed by atoms with van der Waals surface area (Å²) in [6.45, 7) is 0.520. The predicted molar refractivity (Wildman–Crippen MR) is 111 cm³/mol. The molecule has 30 heavy (non-hydrogen) atoms. The maximum absolute atomic E-state index is 13.4. The Morgan fingerprint density at radius 2 is 1.63 bits per heavy atom. The van der Waals surface area contributed by atoms with Gasteiger partial charge in [-0.05, 0) is 47.5 Å². The first-order chi connectivity index (χ1) is 14.7. The van der Waals surface area contributed by atoms with Gasteiger partial charge in [0.1, 0.15) is 24.3 Å². The van der Waals surface area contributed by atoms with Gasteiger partial charge in [-0.2, -0.15) is 5.10 Å². The number of pyridine rings is 1. The van der Waals surface area contributed by atoms with Crippen molar-refractivity contribution in [2.24, 2.45) is 0 Å². The van der Waals surface area contributed by atoms with Crippen LogP contribution < -0.4 is 0 Å². The van der Waals surface area contributed by atoms with Crippen LogP contribution in [0.3, 0.4) is 0 Å². The van der Waals surface area contributed by atoms with Crippen LogP contribution in [-0.4, -0.2) is 29.5 Å². The van der Waals surface area contributed by atoms with Crippen LogP contribution in [0.2, 0.25) is 0 Å². The van der Waals surface area contributed by atoms with E-state index in [0.29, 0.717) is 6.54 Å². The summed E-state index contributed by atoms with van der Waals surface area (Å²) in [7, 11) is 0. The van der Waals surface area contributed by atoms with Crippen LogP contribution in [0.5, 0.6) is 0 Å². The molecule has 146 valence electrons. The van der Waals surface area contributed by atoms with Crippen LogP contribution in [0, 0.1) is 5.82 Å². The average molecular weight is 396 g/mol. The van der Waals surface area contributed by atoms with E-state index in [2.05, 4.69) is 26.3 Å². The van der Waals surface area contributed by atoms with Crippen LogP contribution >= 0.6 is 0 Å². The predicted octanol–water partition coefficient (Wildman–Crippen LogP) is 4.38. The second kappa shape index (κ2) is 7.71. The molecule has 0 saturated heterocycles. The van der Waals surface area contributed by atoms with Gasteiger partial charge in [0.25, 0.3) is 0 Å². The van der Waals surface area contributed by atoms with Crippen molar-refractivity contribution < 1.29 is 4.39 Å². The standard InChI is InChI=1S/C23H17FN6/c24-21-6-1-3-17(11-21)14-30-10-9-22(28-30)19-5-2-4-18(12-19)20-7-8-23(25-13-20)29-15-26-27-16-29/h1-13,15-16H,14H2. The maximum atomic E-state index is 13.4. The molecule has 6 nitrogen and oxygen atoms in total. The lowest BCUT2D eigenvalue weighted by atomic mass is 10.0. The van der Waals surface area contributed by atoms with Gasteiger partial charge in [0.05, 0.1) is 12.2 Å². The van der Waals surface area contributed by atoms with Gasteiger partial charge in [-0.3, -0.25) is 9.25 Å². The number of rotatable bonds is 5. The molecule has 5 rings (SSSR count). The van der Waals surface area contributed by atoms with Crippen molar-refractivity contribution in [3.05, 3.63) is 103 Å². The number of halogens is 1. The molecule has 0 atom stereocenters. The Balaban J connectivity index is 1.38. The topological polar surface area (TPSA) is 61.4 Å². The number of nitrogens with zero attached hydrogens (tertiary/aromatic N) is 6. The Kier molecular flexibility index (Phi) is 4.61. The lowest BCUT2D eigenvalue weighted by Gasteiger charge is -2.06. The highest BCUT2D eigenvalue weighted by atomic mass is 19.1. The highest BCUT2D eigenvalue weighted by Crippen LogP contribution is 2.25. The first-order valence-corrected chi connectivity index (χ1v) is 9.44. The highest BCUT2D eigenvalue weighted by Gasteiger charge is 2.07. The average Bonchev–Trinajstić information content (AvgIpc) is 3.47. The van der Waals surface area contributed by atoms with Gasteiger partial charge >= 0.3 is 0 Å². The Bertz CT molecular complexity index is 1280. The summed E-state index contributed by atoms with van der Waals surface area (Å²) in [6.07, 6.45) is 6.96. The Morgan fingerprint density at radius 1 is 0.800 bits per heavy atom. The van der Waals surface area contributed by atoms with Crippen LogP contribution in [0.4, 0.5) is 4.39 Å². The normalized spacial score (nSPS) is 11.0. The van der Waals surface area contributed by atoms with Crippen LogP contribution in [0.1, 0.15) is 5.56 Å². The summed E-state index contributed by atoms with van der Waals surface area (Å²) < 4.78 is 17.0. The Morgan fingerprint density at radius 3 is 2.43 bits per heavy atom. The van der Waals surface area contributed by atoms with E-state index in [1.807, 2.05) is 59.5 Å². The van der Waals surface area contributed by atoms with Gasteiger partial charge in [0.2, 0.25) is 0 Å². The zero-order valence-corrected chi connectivity index (χ0v) is 15.9. The molecule has 0 bridgehead atoms. The van der Waals surface area contributed by atoms with Crippen molar-refractivity contribution in [2.45, 2.75) is 6.54 Å². The van der Waals surface area contributed by atoms with E-state index in [1.165, 1.54) is 12.1 Å². The van der Waals surface area contributed by atoms with Crippen molar-refractivity contribution in [3.8, 4) is 28.2 Å². The number of hydrogen-bond donors (Lipinski definition) is 0. The summed E-state index contributed by atoms with van der Waals surface area (Å²) in [5.74, 6) is 0.521. The molecule has 3 heterocycles. The second-order valence-corrected chi connectivity index (χ2v) is 6.88. The number of benzene rings is 2. The molecule has 0 radical (unpaired) electrons. The summed E-state index contributed by atoms with van der Waals surface area (Å²) >= 11 is 0. The van der Waals surface area contributed by atoms with E-state index >= 15 is 0 Å². The number of hydrogen-bond acceptors (Lipinski definition) is 4. The summed E-state index contributed by atoms with van der Waals surface area (Å²) in [5.41, 5.74) is 4.80. The molecule has 0 amide bonds. The SMILES string of the molecule is Fc1cccc(Cn2ccc(-c3cccc(-c4ccc(-n5cnnc5)nc4)c3)n2)c1. The molecular weight excluding hydrogens is 379 g/mol. The molecule has 0 aliphatic heterocycles. The zero-order chi connectivity index (χ0) is 20.3. The lowest BCUT2D eigenvalue weighted by Crippen LogP contribution is -2.00. The van der Waals surface area contributed by atoms with Crippen molar-refractivity contribution in [1.29, 1.82) is 0 Å². The van der Waals surface area contributed by atoms with Crippen LogP contribution in [-0.2, 0) is 6.54 Å².